The Balaban J connectivity index is 0. The van der Waals surface area contributed by atoms with E-state index in [0.717, 1.165) is 0 Å². The van der Waals surface area contributed by atoms with Crippen LogP contribution in [0.25, 0.3) is 0 Å². The minimum absolute atomic E-state index is 1.28. The Hall–Kier alpha value is 1.39. The van der Waals surface area contributed by atoms with Gasteiger partial charge >= 0.3 is 12.6 Å². The van der Waals surface area contributed by atoms with Gasteiger partial charge < -0.3 is 13.9 Å². The summed E-state index contributed by atoms with van der Waals surface area (Å²) in [5.41, 5.74) is 0. The molecule has 0 spiro atoms. The van der Waals surface area contributed by atoms with E-state index in [2.05, 4.69) is 45.8 Å². The summed E-state index contributed by atoms with van der Waals surface area (Å²) in [6, 6.07) is 0. The second-order valence-electron chi connectivity index (χ2n) is 1.35. The molecular weight excluding hydrogens is 262 g/mol. The molecule has 0 saturated heterocycles. The molecule has 0 atom stereocenters. The maximum atomic E-state index is 10.4. The first-order chi connectivity index (χ1) is 5.12. The predicted molar refractivity (Wildman–Crippen MR) is 58.4 cm³/mol. The number of thiol groups is 3. The first kappa shape index (κ1) is 15.8. The third-order valence-electron chi connectivity index (χ3n) is 0.461. The SMILES string of the molecule is COP(=O)(S)OC.O=P(O)(S)S. The highest BCUT2D eigenvalue weighted by molar-refractivity contribution is 8.78. The van der Waals surface area contributed by atoms with Crippen LogP contribution >= 0.6 is 49.3 Å². The quantitative estimate of drug-likeness (QED) is 0.458. The Labute approximate surface area is 86.7 Å². The molecule has 10 heteroatoms. The molecule has 0 saturated carbocycles. The summed E-state index contributed by atoms with van der Waals surface area (Å²) in [7, 11) is 2.55. The molecular formula is C2H10O5P2S3. The summed E-state index contributed by atoms with van der Waals surface area (Å²) in [6.07, 6.45) is 0. The van der Waals surface area contributed by atoms with Crippen LogP contribution in [0.1, 0.15) is 0 Å². The minimum atomic E-state index is -3.25. The predicted octanol–water partition coefficient (Wildman–Crippen LogP) is 2.26. The number of rotatable bonds is 2. The van der Waals surface area contributed by atoms with E-state index < -0.39 is 12.6 Å². The average Bonchev–Trinajstić information content (AvgIpc) is 1.85. The standard InChI is InChI=1S/C2H7O3PS.H3O2PS2/c1-4-6(3,7)5-2;1-3(2,4)5/h1-2H3,(H,3,7);(H3,1,2,4,5). The molecule has 1 N–H and O–H groups in total. The molecule has 0 fully saturated rings. The summed E-state index contributed by atoms with van der Waals surface area (Å²) in [5, 5.41) is 0. The van der Waals surface area contributed by atoms with Crippen molar-refractivity contribution in [3.05, 3.63) is 0 Å². The van der Waals surface area contributed by atoms with E-state index >= 15 is 0 Å². The van der Waals surface area contributed by atoms with Gasteiger partial charge in [-0.2, -0.15) is 0 Å². The van der Waals surface area contributed by atoms with Crippen LogP contribution in [0.3, 0.4) is 0 Å². The van der Waals surface area contributed by atoms with E-state index in [1.54, 1.807) is 0 Å². The zero-order chi connectivity index (χ0) is 10.4. The van der Waals surface area contributed by atoms with E-state index in [9.17, 15) is 9.13 Å². The zero-order valence-corrected chi connectivity index (χ0v) is 10.8. The van der Waals surface area contributed by atoms with Crippen LogP contribution in [0.5, 0.6) is 0 Å². The van der Waals surface area contributed by atoms with Gasteiger partial charge in [0.25, 0.3) is 0 Å². The molecule has 0 aromatic rings. The van der Waals surface area contributed by atoms with Gasteiger partial charge in [0, 0.05) is 14.2 Å². The van der Waals surface area contributed by atoms with E-state index in [1.807, 2.05) is 0 Å². The Morgan fingerprint density at radius 3 is 1.25 bits per heavy atom. The maximum absolute atomic E-state index is 10.4. The highest BCUT2D eigenvalue weighted by atomic mass is 33.1. The molecule has 12 heavy (non-hydrogen) atoms. The van der Waals surface area contributed by atoms with Gasteiger partial charge in [0.2, 0.25) is 0 Å². The first-order valence-corrected chi connectivity index (χ1v) is 9.01. The van der Waals surface area contributed by atoms with E-state index in [4.69, 9.17) is 4.89 Å². The fourth-order valence-electron chi connectivity index (χ4n) is 0.0745. The van der Waals surface area contributed by atoms with Crippen LogP contribution in [0.4, 0.5) is 0 Å². The van der Waals surface area contributed by atoms with Gasteiger partial charge in [-0.25, -0.2) is 4.57 Å². The maximum Gasteiger partial charge on any atom is 0.385 e. The molecule has 0 aliphatic heterocycles. The van der Waals surface area contributed by atoms with Crippen molar-refractivity contribution in [2.75, 3.05) is 14.2 Å². The minimum Gasteiger partial charge on any atom is -0.330 e. The van der Waals surface area contributed by atoms with Gasteiger partial charge in [0.15, 0.2) is 0 Å². The van der Waals surface area contributed by atoms with Crippen LogP contribution in [0, 0.1) is 0 Å². The second-order valence-corrected chi connectivity index (χ2v) is 9.71. The zero-order valence-electron chi connectivity index (χ0n) is 6.32. The summed E-state index contributed by atoms with van der Waals surface area (Å²) in [5.74, 6) is -3.25. The van der Waals surface area contributed by atoms with Gasteiger partial charge in [-0.15, -0.1) is 0 Å². The lowest BCUT2D eigenvalue weighted by Crippen LogP contribution is -1.76. The topological polar surface area (TPSA) is 72.8 Å². The summed E-state index contributed by atoms with van der Waals surface area (Å²) >= 11 is 9.69. The average molecular weight is 272 g/mol. The number of hydrogen-bond donors (Lipinski definition) is 4. The number of hydrogen-bond acceptors (Lipinski definition) is 4. The van der Waals surface area contributed by atoms with Crippen LogP contribution in [0.15, 0.2) is 0 Å². The monoisotopic (exact) mass is 272 g/mol. The normalized spacial score (nSPS) is 11.8. The van der Waals surface area contributed by atoms with Crippen molar-refractivity contribution < 1.29 is 23.1 Å². The Kier molecular flexibility index (Phi) is 8.96. The lowest BCUT2D eigenvalue weighted by molar-refractivity contribution is 0.296. The molecule has 0 bridgehead atoms. The van der Waals surface area contributed by atoms with Gasteiger partial charge in [0.1, 0.15) is 0 Å². The van der Waals surface area contributed by atoms with E-state index in [1.165, 1.54) is 14.2 Å². The molecule has 76 valence electrons. The Morgan fingerprint density at radius 1 is 1.08 bits per heavy atom. The molecule has 0 radical (unpaired) electrons. The summed E-state index contributed by atoms with van der Waals surface area (Å²) in [6.45, 7) is -2.96. The largest absolute Gasteiger partial charge is 0.385 e. The molecule has 0 heterocycles. The van der Waals surface area contributed by atoms with Gasteiger partial charge in [0.05, 0.1) is 0 Å². The fraction of sp³-hybridized carbons (Fsp3) is 1.00. The van der Waals surface area contributed by atoms with Gasteiger partial charge in [-0.3, -0.25) is 4.57 Å². The molecule has 0 unspecified atom stereocenters. The first-order valence-electron chi connectivity index (χ1n) is 2.35. The van der Waals surface area contributed by atoms with Crippen molar-refractivity contribution in [3.8, 4) is 0 Å². The third-order valence-corrected chi connectivity index (χ3v) is 2.36. The fourth-order valence-corrected chi connectivity index (χ4v) is 0.224. The highest BCUT2D eigenvalue weighted by Crippen LogP contribution is 2.51. The Morgan fingerprint density at radius 2 is 1.25 bits per heavy atom. The second kappa shape index (κ2) is 6.79. The van der Waals surface area contributed by atoms with E-state index in [-0.39, 0.29) is 0 Å². The molecule has 0 aliphatic rings. The van der Waals surface area contributed by atoms with Crippen LogP contribution < -0.4 is 0 Å². The smallest absolute Gasteiger partial charge is 0.330 e. The van der Waals surface area contributed by atoms with Crippen molar-refractivity contribution in [2.45, 2.75) is 0 Å². The van der Waals surface area contributed by atoms with Crippen LogP contribution in [0.2, 0.25) is 0 Å². The Bertz CT molecular complexity index is 185. The van der Waals surface area contributed by atoms with Gasteiger partial charge in [-0.1, -0.05) is 36.7 Å². The van der Waals surface area contributed by atoms with Crippen LogP contribution in [-0.2, 0) is 18.2 Å². The van der Waals surface area contributed by atoms with E-state index in [0.29, 0.717) is 0 Å². The summed E-state index contributed by atoms with van der Waals surface area (Å²) in [4.78, 5) is 7.80. The van der Waals surface area contributed by atoms with Crippen molar-refractivity contribution in [2.24, 2.45) is 0 Å². The highest BCUT2D eigenvalue weighted by Gasteiger charge is 2.10. The molecule has 5 nitrogen and oxygen atoms in total. The third kappa shape index (κ3) is 22.5. The van der Waals surface area contributed by atoms with Gasteiger partial charge in [-0.05, 0) is 0 Å². The molecule has 0 aliphatic carbocycles. The molecule has 0 aromatic carbocycles. The van der Waals surface area contributed by atoms with Crippen molar-refractivity contribution in [1.29, 1.82) is 0 Å². The lowest BCUT2D eigenvalue weighted by atomic mass is 11.8. The van der Waals surface area contributed by atoms with Crippen LogP contribution in [-0.4, -0.2) is 19.1 Å². The molecule has 0 aromatic heterocycles. The van der Waals surface area contributed by atoms with Crippen molar-refractivity contribution >= 4 is 49.3 Å². The molecule has 0 amide bonds. The van der Waals surface area contributed by atoms with Crippen molar-refractivity contribution in [1.82, 2.24) is 0 Å². The molecule has 0 rings (SSSR count). The lowest BCUT2D eigenvalue weighted by Gasteiger charge is -2.02. The summed E-state index contributed by atoms with van der Waals surface area (Å²) < 4.78 is 28.4. The van der Waals surface area contributed by atoms with Crippen molar-refractivity contribution in [3.63, 3.8) is 0 Å².